The molecule has 7 heteroatoms. The van der Waals surface area contributed by atoms with Crippen molar-refractivity contribution in [3.05, 3.63) is 47.0 Å². The number of nitrogens with zero attached hydrogens (tertiary/aromatic N) is 2. The minimum absolute atomic E-state index is 0.197. The van der Waals surface area contributed by atoms with Crippen LogP contribution in [0.1, 0.15) is 83.9 Å². The lowest BCUT2D eigenvalue weighted by Gasteiger charge is -2.30. The molecule has 2 heterocycles. The van der Waals surface area contributed by atoms with Gasteiger partial charge in [-0.15, -0.1) is 0 Å². The fraction of sp³-hybridized carbons (Fsp3) is 0.517. The molecule has 0 aromatic heterocycles. The lowest BCUT2D eigenvalue weighted by molar-refractivity contribution is -0.137. The van der Waals surface area contributed by atoms with Crippen LogP contribution in [0, 0.1) is 0 Å². The molecule has 0 unspecified atom stereocenters. The van der Waals surface area contributed by atoms with E-state index in [1.165, 1.54) is 9.80 Å². The highest BCUT2D eigenvalue weighted by Crippen LogP contribution is 2.47. The van der Waals surface area contributed by atoms with E-state index in [0.29, 0.717) is 44.3 Å². The molecular weight excluding hydrogens is 465 g/mol. The second-order valence-corrected chi connectivity index (χ2v) is 12.0. The van der Waals surface area contributed by atoms with Gasteiger partial charge in [0.15, 0.2) is 0 Å². The van der Waals surface area contributed by atoms with Crippen molar-refractivity contribution >= 4 is 23.2 Å². The Balaban J connectivity index is 2.11. The van der Waals surface area contributed by atoms with Crippen molar-refractivity contribution in [1.82, 2.24) is 0 Å². The van der Waals surface area contributed by atoms with Gasteiger partial charge in [-0.25, -0.2) is 0 Å². The summed E-state index contributed by atoms with van der Waals surface area (Å²) in [4.78, 5) is 28.6. The highest BCUT2D eigenvalue weighted by Gasteiger charge is 2.37. The third-order valence-corrected chi connectivity index (χ3v) is 7.11. The standard InChI is InChI=1S/C29H35F3N2O2/c1-27(2,3)19-13-18(14-20(15-19)28(4,5)6)26-22(33-11-7-9-24(33)35)16-21(29(30,31)32)17-23(26)34-12-8-10-25(34)36/h13-17H,7-12H2,1-6H3. The van der Waals surface area contributed by atoms with Crippen molar-refractivity contribution < 1.29 is 22.8 Å². The molecule has 2 aromatic rings. The minimum Gasteiger partial charge on any atom is -0.312 e. The summed E-state index contributed by atoms with van der Waals surface area (Å²) in [6, 6.07) is 8.33. The summed E-state index contributed by atoms with van der Waals surface area (Å²) >= 11 is 0. The molecule has 2 saturated heterocycles. The van der Waals surface area contributed by atoms with E-state index < -0.39 is 11.7 Å². The zero-order valence-corrected chi connectivity index (χ0v) is 22.0. The molecular formula is C29H35F3N2O2. The molecule has 0 N–H and O–H groups in total. The summed E-state index contributed by atoms with van der Waals surface area (Å²) in [6.07, 6.45) is -2.85. The van der Waals surface area contributed by atoms with Gasteiger partial charge in [-0.2, -0.15) is 13.2 Å². The van der Waals surface area contributed by atoms with Gasteiger partial charge in [-0.1, -0.05) is 59.7 Å². The van der Waals surface area contributed by atoms with Gasteiger partial charge in [-0.05, 0) is 52.5 Å². The Bertz CT molecular complexity index is 1120. The van der Waals surface area contributed by atoms with Crippen molar-refractivity contribution in [3.63, 3.8) is 0 Å². The Morgan fingerprint density at radius 2 is 1.06 bits per heavy atom. The molecule has 4 rings (SSSR count). The molecule has 0 saturated carbocycles. The second-order valence-electron chi connectivity index (χ2n) is 12.0. The van der Waals surface area contributed by atoms with Crippen LogP contribution < -0.4 is 9.80 Å². The summed E-state index contributed by atoms with van der Waals surface area (Å²) in [5.74, 6) is -0.394. The Labute approximate surface area is 211 Å². The van der Waals surface area contributed by atoms with Gasteiger partial charge in [0.05, 0.1) is 16.9 Å². The normalized spacial score (nSPS) is 17.5. The zero-order valence-electron chi connectivity index (χ0n) is 22.0. The van der Waals surface area contributed by atoms with Crippen LogP contribution in [0.2, 0.25) is 0 Å². The number of halogens is 3. The minimum atomic E-state index is -4.61. The van der Waals surface area contributed by atoms with E-state index in [0.717, 1.165) is 28.8 Å². The molecule has 2 aliphatic heterocycles. The van der Waals surface area contributed by atoms with E-state index in [-0.39, 0.29) is 34.0 Å². The van der Waals surface area contributed by atoms with Crippen LogP contribution in [0.25, 0.3) is 11.1 Å². The maximum absolute atomic E-state index is 14.1. The fourth-order valence-corrected chi connectivity index (χ4v) is 4.94. The molecule has 0 aliphatic carbocycles. The molecule has 4 nitrogen and oxygen atoms in total. The van der Waals surface area contributed by atoms with Crippen LogP contribution in [-0.2, 0) is 26.6 Å². The number of rotatable bonds is 3. The number of anilines is 2. The highest BCUT2D eigenvalue weighted by atomic mass is 19.4. The second kappa shape index (κ2) is 8.93. The smallest absolute Gasteiger partial charge is 0.312 e. The van der Waals surface area contributed by atoms with Gasteiger partial charge in [0.2, 0.25) is 11.8 Å². The van der Waals surface area contributed by atoms with Crippen molar-refractivity contribution in [1.29, 1.82) is 0 Å². The van der Waals surface area contributed by atoms with Crippen LogP contribution >= 0.6 is 0 Å². The number of amides is 2. The first-order chi connectivity index (χ1) is 16.6. The van der Waals surface area contributed by atoms with Crippen LogP contribution in [0.3, 0.4) is 0 Å². The van der Waals surface area contributed by atoms with Crippen molar-refractivity contribution in [2.24, 2.45) is 0 Å². The largest absolute Gasteiger partial charge is 0.416 e. The molecule has 2 amide bonds. The molecule has 36 heavy (non-hydrogen) atoms. The molecule has 194 valence electrons. The van der Waals surface area contributed by atoms with Gasteiger partial charge < -0.3 is 9.80 Å². The maximum atomic E-state index is 14.1. The topological polar surface area (TPSA) is 40.6 Å². The molecule has 2 fully saturated rings. The predicted molar refractivity (Wildman–Crippen MR) is 137 cm³/mol. The maximum Gasteiger partial charge on any atom is 0.416 e. The Morgan fingerprint density at radius 1 is 0.639 bits per heavy atom. The van der Waals surface area contributed by atoms with Crippen LogP contribution in [-0.4, -0.2) is 24.9 Å². The quantitative estimate of drug-likeness (QED) is 0.446. The number of alkyl halides is 3. The van der Waals surface area contributed by atoms with E-state index in [1.807, 2.05) is 12.1 Å². The van der Waals surface area contributed by atoms with Gasteiger partial charge in [0, 0.05) is 31.5 Å². The molecule has 0 spiro atoms. The van der Waals surface area contributed by atoms with Gasteiger partial charge in [0.1, 0.15) is 0 Å². The zero-order chi connectivity index (χ0) is 26.6. The SMILES string of the molecule is CC(C)(C)c1cc(-c2c(N3CCCC3=O)cc(C(F)(F)F)cc2N2CCCC2=O)cc(C(C)(C)C)c1. The molecule has 0 bridgehead atoms. The van der Waals surface area contributed by atoms with Crippen LogP contribution in [0.5, 0.6) is 0 Å². The third kappa shape index (κ3) is 5.02. The Hall–Kier alpha value is -2.83. The first kappa shape index (κ1) is 26.2. The third-order valence-electron chi connectivity index (χ3n) is 7.11. The summed E-state index contributed by atoms with van der Waals surface area (Å²) in [6.45, 7) is 13.3. The van der Waals surface area contributed by atoms with Crippen molar-refractivity contribution in [2.75, 3.05) is 22.9 Å². The molecule has 2 aromatic carbocycles. The van der Waals surface area contributed by atoms with E-state index in [4.69, 9.17) is 0 Å². The predicted octanol–water partition coefficient (Wildman–Crippen LogP) is 7.22. The van der Waals surface area contributed by atoms with E-state index in [1.54, 1.807) is 0 Å². The summed E-state index contributed by atoms with van der Waals surface area (Å²) in [5, 5.41) is 0. The van der Waals surface area contributed by atoms with Gasteiger partial charge >= 0.3 is 6.18 Å². The van der Waals surface area contributed by atoms with Crippen molar-refractivity contribution in [3.8, 4) is 11.1 Å². The summed E-state index contributed by atoms with van der Waals surface area (Å²) in [5.41, 5.74) is 2.52. The average Bonchev–Trinajstić information content (AvgIpc) is 3.38. The lowest BCUT2D eigenvalue weighted by atomic mass is 9.78. The van der Waals surface area contributed by atoms with Gasteiger partial charge in [0.25, 0.3) is 0 Å². The van der Waals surface area contributed by atoms with Crippen LogP contribution in [0.4, 0.5) is 24.5 Å². The number of hydrogen-bond donors (Lipinski definition) is 0. The Morgan fingerprint density at radius 3 is 1.36 bits per heavy atom. The first-order valence-electron chi connectivity index (χ1n) is 12.6. The number of carbonyl (C=O) groups excluding carboxylic acids is 2. The summed E-state index contributed by atoms with van der Waals surface area (Å²) < 4.78 is 42.3. The highest BCUT2D eigenvalue weighted by molar-refractivity contribution is 6.06. The lowest BCUT2D eigenvalue weighted by Crippen LogP contribution is -2.29. The van der Waals surface area contributed by atoms with E-state index >= 15 is 0 Å². The monoisotopic (exact) mass is 500 g/mol. The van der Waals surface area contributed by atoms with Gasteiger partial charge in [-0.3, -0.25) is 9.59 Å². The number of carbonyl (C=O) groups is 2. The van der Waals surface area contributed by atoms with Crippen LogP contribution in [0.15, 0.2) is 30.3 Å². The molecule has 2 aliphatic rings. The molecule has 0 atom stereocenters. The Kier molecular flexibility index (Phi) is 6.51. The number of hydrogen-bond acceptors (Lipinski definition) is 2. The number of benzene rings is 2. The van der Waals surface area contributed by atoms with E-state index in [2.05, 4.69) is 47.6 Å². The van der Waals surface area contributed by atoms with E-state index in [9.17, 15) is 22.8 Å². The van der Waals surface area contributed by atoms with Crippen molar-refractivity contribution in [2.45, 2.75) is 84.2 Å². The fourth-order valence-electron chi connectivity index (χ4n) is 4.94. The average molecular weight is 501 g/mol. The molecule has 0 radical (unpaired) electrons. The summed E-state index contributed by atoms with van der Waals surface area (Å²) in [7, 11) is 0. The first-order valence-corrected chi connectivity index (χ1v) is 12.6.